The first-order chi connectivity index (χ1) is 10.1. The zero-order valence-electron chi connectivity index (χ0n) is 11.9. The lowest BCUT2D eigenvalue weighted by Gasteiger charge is -2.05. The third-order valence-electron chi connectivity index (χ3n) is 2.89. The molecule has 2 aromatic rings. The predicted molar refractivity (Wildman–Crippen MR) is 75.6 cm³/mol. The number of nitrogens with one attached hydrogen (secondary N) is 1. The minimum atomic E-state index is -0.302. The second kappa shape index (κ2) is 6.62. The lowest BCUT2D eigenvalue weighted by atomic mass is 10.4. The number of aryl methyl sites for hydroxylation is 2. The van der Waals surface area contributed by atoms with Crippen molar-refractivity contribution in [1.29, 1.82) is 0 Å². The van der Waals surface area contributed by atoms with Crippen molar-refractivity contribution in [2.45, 2.75) is 26.9 Å². The number of amides is 1. The van der Waals surface area contributed by atoms with Crippen LogP contribution in [0.2, 0.25) is 0 Å². The first kappa shape index (κ1) is 14.7. The molecule has 0 aliphatic rings. The fourth-order valence-corrected chi connectivity index (χ4v) is 1.95. The van der Waals surface area contributed by atoms with Crippen molar-refractivity contribution in [3.63, 3.8) is 0 Å². The van der Waals surface area contributed by atoms with E-state index in [2.05, 4.69) is 20.4 Å². The molecule has 2 aromatic heterocycles. The summed E-state index contributed by atoms with van der Waals surface area (Å²) in [5.41, 5.74) is 10.2. The van der Waals surface area contributed by atoms with Crippen LogP contribution in [-0.2, 0) is 13.1 Å². The van der Waals surface area contributed by atoms with Gasteiger partial charge < -0.3 is 9.73 Å². The number of carbonyl (C=O) groups excluding carboxylic acids is 1. The highest BCUT2D eigenvalue weighted by Gasteiger charge is 2.10. The Kier molecular flexibility index (Phi) is 4.63. The highest BCUT2D eigenvalue weighted by Crippen LogP contribution is 2.09. The van der Waals surface area contributed by atoms with E-state index in [1.165, 1.54) is 0 Å². The van der Waals surface area contributed by atoms with Crippen LogP contribution in [0.4, 0.5) is 0 Å². The number of hydrogen-bond donors (Lipinski definition) is 1. The molecule has 0 aliphatic carbocycles. The maximum Gasteiger partial charge on any atom is 0.287 e. The maximum absolute atomic E-state index is 11.9. The van der Waals surface area contributed by atoms with E-state index >= 15 is 0 Å². The quantitative estimate of drug-likeness (QED) is 0.500. The van der Waals surface area contributed by atoms with Crippen molar-refractivity contribution < 1.29 is 9.21 Å². The molecule has 8 nitrogen and oxygen atoms in total. The van der Waals surface area contributed by atoms with Gasteiger partial charge in [0.05, 0.1) is 18.8 Å². The van der Waals surface area contributed by atoms with E-state index in [9.17, 15) is 4.79 Å². The van der Waals surface area contributed by atoms with E-state index in [-0.39, 0.29) is 18.2 Å². The molecular weight excluding hydrogens is 272 g/mol. The molecule has 0 radical (unpaired) electrons. The van der Waals surface area contributed by atoms with Crippen LogP contribution in [0.5, 0.6) is 0 Å². The number of rotatable bonds is 6. The molecule has 1 N–H and O–H groups in total. The van der Waals surface area contributed by atoms with Gasteiger partial charge in [-0.15, -0.1) is 0 Å². The van der Waals surface area contributed by atoms with Crippen LogP contribution in [0.1, 0.15) is 27.7 Å². The SMILES string of the molecule is Cc1cc(C)n(CCNC(=O)c2ccc(CN=[N+]=[N-])o2)n1. The summed E-state index contributed by atoms with van der Waals surface area (Å²) in [5, 5.41) is 10.4. The van der Waals surface area contributed by atoms with Crippen LogP contribution in [0.15, 0.2) is 27.7 Å². The Hall–Kier alpha value is -2.73. The van der Waals surface area contributed by atoms with Gasteiger partial charge in [-0.3, -0.25) is 9.48 Å². The molecule has 2 rings (SSSR count). The molecule has 21 heavy (non-hydrogen) atoms. The molecule has 0 aromatic carbocycles. The van der Waals surface area contributed by atoms with Gasteiger partial charge in [0.15, 0.2) is 5.76 Å². The molecule has 2 heterocycles. The van der Waals surface area contributed by atoms with E-state index in [1.807, 2.05) is 24.6 Å². The van der Waals surface area contributed by atoms with Crippen molar-refractivity contribution in [1.82, 2.24) is 15.1 Å². The van der Waals surface area contributed by atoms with Gasteiger partial charge in [-0.1, -0.05) is 5.11 Å². The van der Waals surface area contributed by atoms with E-state index < -0.39 is 0 Å². The topological polar surface area (TPSA) is 109 Å². The molecule has 0 unspecified atom stereocenters. The number of carbonyl (C=O) groups is 1. The van der Waals surface area contributed by atoms with Gasteiger partial charge in [-0.05, 0) is 37.6 Å². The smallest absolute Gasteiger partial charge is 0.287 e. The zero-order valence-corrected chi connectivity index (χ0v) is 11.9. The van der Waals surface area contributed by atoms with Crippen LogP contribution >= 0.6 is 0 Å². The highest BCUT2D eigenvalue weighted by atomic mass is 16.4. The van der Waals surface area contributed by atoms with Crippen LogP contribution < -0.4 is 5.32 Å². The average Bonchev–Trinajstić information content (AvgIpc) is 3.03. The maximum atomic E-state index is 11.9. The van der Waals surface area contributed by atoms with Crippen molar-refractivity contribution in [3.8, 4) is 0 Å². The predicted octanol–water partition coefficient (Wildman–Crippen LogP) is 2.33. The molecule has 0 bridgehead atoms. The van der Waals surface area contributed by atoms with E-state index in [1.54, 1.807) is 12.1 Å². The second-order valence-electron chi connectivity index (χ2n) is 4.56. The monoisotopic (exact) mass is 288 g/mol. The molecule has 0 atom stereocenters. The van der Waals surface area contributed by atoms with Gasteiger partial charge in [-0.25, -0.2) is 0 Å². The third-order valence-corrected chi connectivity index (χ3v) is 2.89. The summed E-state index contributed by atoms with van der Waals surface area (Å²) >= 11 is 0. The number of hydrogen-bond acceptors (Lipinski definition) is 4. The molecular formula is C13H16N6O2. The van der Waals surface area contributed by atoms with Crippen molar-refractivity contribution in [2.75, 3.05) is 6.54 Å². The Bertz CT molecular complexity index is 681. The largest absolute Gasteiger partial charge is 0.456 e. The Balaban J connectivity index is 1.85. The van der Waals surface area contributed by atoms with Gasteiger partial charge in [0.25, 0.3) is 5.91 Å². The van der Waals surface area contributed by atoms with Crippen LogP contribution in [0.3, 0.4) is 0 Å². The van der Waals surface area contributed by atoms with Gasteiger partial charge in [-0.2, -0.15) is 5.10 Å². The third kappa shape index (κ3) is 3.87. The number of azide groups is 1. The zero-order chi connectivity index (χ0) is 15.2. The minimum absolute atomic E-state index is 0.0928. The van der Waals surface area contributed by atoms with E-state index in [4.69, 9.17) is 9.95 Å². The van der Waals surface area contributed by atoms with Gasteiger partial charge >= 0.3 is 0 Å². The van der Waals surface area contributed by atoms with Crippen LogP contribution in [0, 0.1) is 13.8 Å². The molecule has 0 spiro atoms. The Morgan fingerprint density at radius 1 is 1.52 bits per heavy atom. The summed E-state index contributed by atoms with van der Waals surface area (Å²) in [4.78, 5) is 14.5. The van der Waals surface area contributed by atoms with E-state index in [0.29, 0.717) is 18.8 Å². The first-order valence-electron chi connectivity index (χ1n) is 6.49. The van der Waals surface area contributed by atoms with Crippen molar-refractivity contribution in [2.24, 2.45) is 5.11 Å². The fourth-order valence-electron chi connectivity index (χ4n) is 1.95. The standard InChI is InChI=1S/C13H16N6O2/c1-9-7-10(2)19(17-9)6-5-15-13(20)12-4-3-11(21-12)8-16-18-14/h3-4,7H,5-6,8H2,1-2H3,(H,15,20). The lowest BCUT2D eigenvalue weighted by molar-refractivity contribution is 0.0922. The summed E-state index contributed by atoms with van der Waals surface area (Å²) in [7, 11) is 0. The summed E-state index contributed by atoms with van der Waals surface area (Å²) in [6.07, 6.45) is 0. The Morgan fingerprint density at radius 3 is 3.00 bits per heavy atom. The van der Waals surface area contributed by atoms with Gasteiger partial charge in [0, 0.05) is 17.2 Å². The van der Waals surface area contributed by atoms with Crippen LogP contribution in [0.25, 0.3) is 10.4 Å². The van der Waals surface area contributed by atoms with E-state index in [0.717, 1.165) is 11.4 Å². The molecule has 0 fully saturated rings. The summed E-state index contributed by atoms with van der Waals surface area (Å²) in [5.74, 6) is 0.353. The number of nitrogens with zero attached hydrogens (tertiary/aromatic N) is 5. The lowest BCUT2D eigenvalue weighted by Crippen LogP contribution is -2.27. The molecule has 0 saturated heterocycles. The van der Waals surface area contributed by atoms with Crippen molar-refractivity contribution >= 4 is 5.91 Å². The van der Waals surface area contributed by atoms with Crippen LogP contribution in [-0.4, -0.2) is 22.2 Å². The Labute approximate surface area is 121 Å². The average molecular weight is 288 g/mol. The number of aromatic nitrogens is 2. The van der Waals surface area contributed by atoms with Gasteiger partial charge in [0.2, 0.25) is 0 Å². The molecule has 1 amide bonds. The first-order valence-corrected chi connectivity index (χ1v) is 6.49. The highest BCUT2D eigenvalue weighted by molar-refractivity contribution is 5.91. The summed E-state index contributed by atoms with van der Waals surface area (Å²) in [6.45, 7) is 5.03. The summed E-state index contributed by atoms with van der Waals surface area (Å²) in [6, 6.07) is 5.15. The minimum Gasteiger partial charge on any atom is -0.456 e. The van der Waals surface area contributed by atoms with Crippen molar-refractivity contribution in [3.05, 3.63) is 51.6 Å². The Morgan fingerprint density at radius 2 is 2.33 bits per heavy atom. The molecule has 8 heteroatoms. The number of furan rings is 1. The molecule has 110 valence electrons. The second-order valence-corrected chi connectivity index (χ2v) is 4.56. The molecule has 0 aliphatic heterocycles. The normalized spacial score (nSPS) is 10.2. The summed E-state index contributed by atoms with van der Waals surface area (Å²) < 4.78 is 7.12. The fraction of sp³-hybridized carbons (Fsp3) is 0.385. The van der Waals surface area contributed by atoms with Gasteiger partial charge in [0.1, 0.15) is 5.76 Å². The molecule has 0 saturated carbocycles.